The van der Waals surface area contributed by atoms with Gasteiger partial charge in [0.1, 0.15) is 5.75 Å². The summed E-state index contributed by atoms with van der Waals surface area (Å²) < 4.78 is 13.0. The SMILES string of the molecule is CC(C)OC(CC(C1CCCCC1)C1CCCCC1)Oc1ccc(C(C(C)C)C(C)(C)C)cc1. The van der Waals surface area contributed by atoms with Crippen LogP contribution in [0.4, 0.5) is 0 Å². The molecule has 0 N–H and O–H groups in total. The molecule has 2 heteroatoms. The van der Waals surface area contributed by atoms with Crippen molar-refractivity contribution in [2.45, 2.75) is 137 Å². The molecule has 2 aliphatic carbocycles. The quantitative estimate of drug-likeness (QED) is 0.317. The maximum atomic E-state index is 6.60. The fraction of sp³-hybridized carbons (Fsp3) is 0.812. The molecule has 1 aromatic rings. The van der Waals surface area contributed by atoms with Crippen molar-refractivity contribution in [3.8, 4) is 5.75 Å². The van der Waals surface area contributed by atoms with Crippen LogP contribution in [0.2, 0.25) is 0 Å². The maximum absolute atomic E-state index is 6.60. The number of hydrogen-bond acceptors (Lipinski definition) is 2. The predicted octanol–water partition coefficient (Wildman–Crippen LogP) is 9.77. The van der Waals surface area contributed by atoms with E-state index in [9.17, 15) is 0 Å². The zero-order valence-corrected chi connectivity index (χ0v) is 23.4. The second-order valence-electron chi connectivity index (χ2n) is 13.1. The predicted molar refractivity (Wildman–Crippen MR) is 145 cm³/mol. The van der Waals surface area contributed by atoms with Gasteiger partial charge in [0.05, 0.1) is 6.10 Å². The van der Waals surface area contributed by atoms with Gasteiger partial charge in [0.15, 0.2) is 6.29 Å². The zero-order chi connectivity index (χ0) is 24.7. The molecule has 0 spiro atoms. The van der Waals surface area contributed by atoms with Crippen molar-refractivity contribution in [1.82, 2.24) is 0 Å². The van der Waals surface area contributed by atoms with E-state index in [0.717, 1.165) is 29.9 Å². The fourth-order valence-corrected chi connectivity index (χ4v) is 7.34. The van der Waals surface area contributed by atoms with Gasteiger partial charge in [0.25, 0.3) is 0 Å². The van der Waals surface area contributed by atoms with Crippen LogP contribution >= 0.6 is 0 Å². The summed E-state index contributed by atoms with van der Waals surface area (Å²) >= 11 is 0. The molecule has 1 aromatic carbocycles. The Morgan fingerprint density at radius 3 is 1.68 bits per heavy atom. The average molecular weight is 471 g/mol. The van der Waals surface area contributed by atoms with E-state index in [4.69, 9.17) is 9.47 Å². The molecular weight excluding hydrogens is 416 g/mol. The second kappa shape index (κ2) is 12.8. The summed E-state index contributed by atoms with van der Waals surface area (Å²) in [7, 11) is 0. The lowest BCUT2D eigenvalue weighted by Crippen LogP contribution is -2.34. The monoisotopic (exact) mass is 470 g/mol. The highest BCUT2D eigenvalue weighted by atomic mass is 16.7. The maximum Gasteiger partial charge on any atom is 0.200 e. The molecule has 0 saturated heterocycles. The normalized spacial score (nSPS) is 20.8. The molecule has 2 aliphatic rings. The van der Waals surface area contributed by atoms with E-state index >= 15 is 0 Å². The van der Waals surface area contributed by atoms with Gasteiger partial charge in [0.2, 0.25) is 0 Å². The Balaban J connectivity index is 1.75. The van der Waals surface area contributed by atoms with Crippen LogP contribution in [0.15, 0.2) is 24.3 Å². The summed E-state index contributed by atoms with van der Waals surface area (Å²) in [6.45, 7) is 16.0. The molecule has 2 nitrogen and oxygen atoms in total. The second-order valence-corrected chi connectivity index (χ2v) is 13.1. The van der Waals surface area contributed by atoms with Crippen LogP contribution in [0.1, 0.15) is 131 Å². The van der Waals surface area contributed by atoms with Crippen molar-refractivity contribution >= 4 is 0 Å². The lowest BCUT2D eigenvalue weighted by atomic mass is 9.68. The molecule has 2 atom stereocenters. The fourth-order valence-electron chi connectivity index (χ4n) is 7.34. The minimum absolute atomic E-state index is 0.150. The van der Waals surface area contributed by atoms with Gasteiger partial charge in [-0.1, -0.05) is 111 Å². The molecule has 34 heavy (non-hydrogen) atoms. The number of benzene rings is 1. The van der Waals surface area contributed by atoms with Crippen LogP contribution < -0.4 is 4.74 Å². The minimum Gasteiger partial charge on any atom is -0.465 e. The van der Waals surface area contributed by atoms with Gasteiger partial charge < -0.3 is 9.47 Å². The van der Waals surface area contributed by atoms with Crippen LogP contribution in [-0.4, -0.2) is 12.4 Å². The Labute approximate surface area is 211 Å². The lowest BCUT2D eigenvalue weighted by Gasteiger charge is -2.39. The lowest BCUT2D eigenvalue weighted by molar-refractivity contribution is -0.127. The van der Waals surface area contributed by atoms with Crippen molar-refractivity contribution in [3.63, 3.8) is 0 Å². The minimum atomic E-state index is -0.150. The van der Waals surface area contributed by atoms with Gasteiger partial charge in [-0.25, -0.2) is 0 Å². The summed E-state index contributed by atoms with van der Waals surface area (Å²) in [5.41, 5.74) is 1.66. The molecule has 0 aliphatic heterocycles. The van der Waals surface area contributed by atoms with E-state index in [1.165, 1.54) is 69.8 Å². The summed E-state index contributed by atoms with van der Waals surface area (Å²) in [5.74, 6) is 4.56. The van der Waals surface area contributed by atoms with Gasteiger partial charge in [-0.05, 0) is 66.5 Å². The van der Waals surface area contributed by atoms with E-state index < -0.39 is 0 Å². The Morgan fingerprint density at radius 1 is 0.765 bits per heavy atom. The molecule has 2 unspecified atom stereocenters. The van der Waals surface area contributed by atoms with Crippen LogP contribution in [0.5, 0.6) is 5.75 Å². The Kier molecular flexibility index (Phi) is 10.4. The van der Waals surface area contributed by atoms with Gasteiger partial charge in [0, 0.05) is 6.42 Å². The number of rotatable bonds is 10. The highest BCUT2D eigenvalue weighted by Gasteiger charge is 2.34. The smallest absolute Gasteiger partial charge is 0.200 e. The van der Waals surface area contributed by atoms with Gasteiger partial charge in [-0.3, -0.25) is 0 Å². The summed E-state index contributed by atoms with van der Waals surface area (Å²) in [6.07, 6.45) is 15.2. The first-order chi connectivity index (χ1) is 16.1. The van der Waals surface area contributed by atoms with Crippen molar-refractivity contribution in [2.75, 3.05) is 0 Å². The third-order valence-electron chi connectivity index (χ3n) is 8.51. The van der Waals surface area contributed by atoms with Crippen molar-refractivity contribution in [2.24, 2.45) is 29.1 Å². The van der Waals surface area contributed by atoms with E-state index in [1.807, 2.05) is 0 Å². The Morgan fingerprint density at radius 2 is 1.26 bits per heavy atom. The highest BCUT2D eigenvalue weighted by Crippen LogP contribution is 2.43. The van der Waals surface area contributed by atoms with E-state index in [2.05, 4.69) is 72.7 Å². The number of ether oxygens (including phenoxy) is 2. The van der Waals surface area contributed by atoms with Crippen LogP contribution in [0, 0.1) is 29.1 Å². The van der Waals surface area contributed by atoms with Gasteiger partial charge >= 0.3 is 0 Å². The van der Waals surface area contributed by atoms with Gasteiger partial charge in [-0.15, -0.1) is 0 Å². The standard InChI is InChI=1S/C32H54O2/c1-23(2)31(32(5,6)7)27-18-20-28(21-19-27)34-30(33-24(3)4)22-29(25-14-10-8-11-15-25)26-16-12-9-13-17-26/h18-21,23-26,29-31H,8-17,22H2,1-7H3. The molecule has 0 aromatic heterocycles. The molecule has 3 rings (SSSR count). The summed E-state index contributed by atoms with van der Waals surface area (Å²) in [5, 5.41) is 0. The van der Waals surface area contributed by atoms with Crippen LogP contribution in [-0.2, 0) is 4.74 Å². The Hall–Kier alpha value is -1.02. The first-order valence-electron chi connectivity index (χ1n) is 14.6. The number of hydrogen-bond donors (Lipinski definition) is 0. The summed E-state index contributed by atoms with van der Waals surface area (Å²) in [4.78, 5) is 0. The van der Waals surface area contributed by atoms with E-state index in [1.54, 1.807) is 0 Å². The molecule has 0 heterocycles. The average Bonchev–Trinajstić information content (AvgIpc) is 2.78. The molecule has 0 amide bonds. The summed E-state index contributed by atoms with van der Waals surface area (Å²) in [6, 6.07) is 8.95. The van der Waals surface area contributed by atoms with Crippen LogP contribution in [0.25, 0.3) is 0 Å². The molecular formula is C32H54O2. The topological polar surface area (TPSA) is 18.5 Å². The molecule has 0 radical (unpaired) electrons. The van der Waals surface area contributed by atoms with Gasteiger partial charge in [-0.2, -0.15) is 0 Å². The van der Waals surface area contributed by atoms with Crippen LogP contribution in [0.3, 0.4) is 0 Å². The highest BCUT2D eigenvalue weighted by molar-refractivity contribution is 5.31. The Bertz CT molecular complexity index is 669. The first kappa shape index (κ1) is 27.6. The van der Waals surface area contributed by atoms with E-state index in [0.29, 0.717) is 11.8 Å². The largest absolute Gasteiger partial charge is 0.465 e. The zero-order valence-electron chi connectivity index (χ0n) is 23.4. The van der Waals surface area contributed by atoms with Crippen molar-refractivity contribution in [1.29, 1.82) is 0 Å². The molecule has 2 fully saturated rings. The molecule has 2 saturated carbocycles. The third kappa shape index (κ3) is 8.00. The third-order valence-corrected chi connectivity index (χ3v) is 8.51. The first-order valence-corrected chi connectivity index (χ1v) is 14.6. The molecule has 194 valence electrons. The molecule has 0 bridgehead atoms. The van der Waals surface area contributed by atoms with Crippen molar-refractivity contribution < 1.29 is 9.47 Å². The van der Waals surface area contributed by atoms with E-state index in [-0.39, 0.29) is 17.8 Å². The van der Waals surface area contributed by atoms with Crippen molar-refractivity contribution in [3.05, 3.63) is 29.8 Å².